The quantitative estimate of drug-likeness (QED) is 0.446. The average Bonchev–Trinajstić information content (AvgIpc) is 2.89. The van der Waals surface area contributed by atoms with Crippen molar-refractivity contribution >= 4 is 70.4 Å². The number of halogens is 4. The molecule has 0 bridgehead atoms. The van der Waals surface area contributed by atoms with Crippen molar-refractivity contribution in [1.29, 1.82) is 0 Å². The summed E-state index contributed by atoms with van der Waals surface area (Å²) in [5.74, 6) is -1.87. The van der Waals surface area contributed by atoms with Crippen LogP contribution in [0.25, 0.3) is 6.08 Å². The molecule has 0 saturated carbocycles. The third kappa shape index (κ3) is 4.99. The van der Waals surface area contributed by atoms with Crippen LogP contribution in [0.2, 0.25) is 20.1 Å². The first-order valence-electron chi connectivity index (χ1n) is 8.28. The fourth-order valence-corrected chi connectivity index (χ4v) is 3.68. The van der Waals surface area contributed by atoms with E-state index in [1.165, 1.54) is 18.2 Å². The van der Waals surface area contributed by atoms with E-state index in [4.69, 9.17) is 56.2 Å². The number of nitrogens with one attached hydrogen (secondary N) is 1. The molecule has 11 heteroatoms. The summed E-state index contributed by atoms with van der Waals surface area (Å²) in [5.41, 5.74) is 0.981. The van der Waals surface area contributed by atoms with Gasteiger partial charge >= 0.3 is 12.0 Å². The van der Waals surface area contributed by atoms with Crippen LogP contribution in [-0.4, -0.2) is 34.5 Å². The molecule has 2 aromatic rings. The third-order valence-electron chi connectivity index (χ3n) is 3.97. The molecule has 0 atom stereocenters. The summed E-state index contributed by atoms with van der Waals surface area (Å²) < 4.78 is 5.68. The van der Waals surface area contributed by atoms with E-state index in [9.17, 15) is 14.4 Å². The van der Waals surface area contributed by atoms with Crippen LogP contribution in [0, 0.1) is 0 Å². The van der Waals surface area contributed by atoms with Crippen molar-refractivity contribution < 1.29 is 24.2 Å². The Kier molecular flexibility index (Phi) is 6.77. The fourth-order valence-electron chi connectivity index (χ4n) is 2.61. The number of carboxylic acids is 1. The van der Waals surface area contributed by atoms with E-state index < -0.39 is 24.5 Å². The Morgan fingerprint density at radius 3 is 2.33 bits per heavy atom. The topological polar surface area (TPSA) is 95.9 Å². The number of rotatable bonds is 6. The number of carboxylic acid groups (broad SMARTS) is 1. The van der Waals surface area contributed by atoms with E-state index >= 15 is 0 Å². The molecule has 1 fully saturated rings. The van der Waals surface area contributed by atoms with Gasteiger partial charge in [0.25, 0.3) is 5.91 Å². The van der Waals surface area contributed by atoms with Gasteiger partial charge in [-0.2, -0.15) is 0 Å². The van der Waals surface area contributed by atoms with Gasteiger partial charge < -0.3 is 15.2 Å². The third-order valence-corrected chi connectivity index (χ3v) is 5.12. The largest absolute Gasteiger partial charge is 0.486 e. The molecule has 0 spiro atoms. The number of hydrogen-bond donors (Lipinski definition) is 2. The summed E-state index contributed by atoms with van der Waals surface area (Å²) >= 11 is 24.5. The van der Waals surface area contributed by atoms with Crippen LogP contribution in [0.15, 0.2) is 36.0 Å². The molecule has 30 heavy (non-hydrogen) atoms. The second-order valence-corrected chi connectivity index (χ2v) is 7.77. The number of amides is 3. The Morgan fingerprint density at radius 2 is 1.73 bits per heavy atom. The average molecular weight is 490 g/mol. The molecule has 1 heterocycles. The Hall–Kier alpha value is -2.45. The molecule has 7 nitrogen and oxygen atoms in total. The summed E-state index contributed by atoms with van der Waals surface area (Å²) in [6.07, 6.45) is 1.33. The van der Waals surface area contributed by atoms with Crippen molar-refractivity contribution in [3.63, 3.8) is 0 Å². The van der Waals surface area contributed by atoms with Gasteiger partial charge in [-0.15, -0.1) is 0 Å². The molecule has 3 rings (SSSR count). The lowest BCUT2D eigenvalue weighted by Crippen LogP contribution is -2.35. The van der Waals surface area contributed by atoms with Crippen molar-refractivity contribution in [2.75, 3.05) is 6.54 Å². The Balaban J connectivity index is 1.79. The van der Waals surface area contributed by atoms with E-state index in [0.29, 0.717) is 26.1 Å². The zero-order chi connectivity index (χ0) is 22.0. The van der Waals surface area contributed by atoms with Gasteiger partial charge in [-0.3, -0.25) is 9.59 Å². The maximum atomic E-state index is 12.2. The summed E-state index contributed by atoms with van der Waals surface area (Å²) in [6.45, 7) is -0.655. The fraction of sp³-hybridized carbons (Fsp3) is 0.105. The number of carbonyl (C=O) groups is 3. The van der Waals surface area contributed by atoms with Gasteiger partial charge in [-0.25, -0.2) is 9.69 Å². The van der Waals surface area contributed by atoms with E-state index in [-0.39, 0.29) is 28.1 Å². The second-order valence-electron chi connectivity index (χ2n) is 6.11. The van der Waals surface area contributed by atoms with Crippen LogP contribution in [0.4, 0.5) is 4.79 Å². The van der Waals surface area contributed by atoms with Crippen molar-refractivity contribution in [3.05, 3.63) is 67.2 Å². The number of ether oxygens (including phenoxy) is 1. The van der Waals surface area contributed by atoms with Gasteiger partial charge in [0.05, 0.1) is 10.0 Å². The monoisotopic (exact) mass is 488 g/mol. The molecular formula is C19H12Cl4N2O5. The number of imide groups is 1. The molecule has 1 aliphatic rings. The standard InChI is InChI=1S/C19H12Cl4N2O5/c20-11-2-1-10(12(21)6-11)8-30-17-13(22)3-9(4-14(17)23)5-15-18(28)25(7-16(26)27)19(29)24-15/h1-6H,7-8H2,(H,24,29)(H,26,27)/b15-5+. The van der Waals surface area contributed by atoms with Gasteiger partial charge in [0.15, 0.2) is 5.75 Å². The number of carbonyl (C=O) groups excluding carboxylic acids is 2. The normalized spacial score (nSPS) is 14.9. The Morgan fingerprint density at radius 1 is 1.07 bits per heavy atom. The molecule has 1 aliphatic heterocycles. The molecule has 3 amide bonds. The van der Waals surface area contributed by atoms with Crippen molar-refractivity contribution in [2.45, 2.75) is 6.61 Å². The highest BCUT2D eigenvalue weighted by Crippen LogP contribution is 2.36. The SMILES string of the molecule is O=C(O)CN1C(=O)N/C(=C/c2cc(Cl)c(OCc3ccc(Cl)cc3Cl)c(Cl)c2)C1=O. The molecule has 2 N–H and O–H groups in total. The molecular weight excluding hydrogens is 478 g/mol. The number of hydrogen-bond acceptors (Lipinski definition) is 4. The first-order valence-corrected chi connectivity index (χ1v) is 9.79. The number of benzene rings is 2. The van der Waals surface area contributed by atoms with Crippen molar-refractivity contribution in [3.8, 4) is 5.75 Å². The van der Waals surface area contributed by atoms with Gasteiger partial charge in [0.1, 0.15) is 18.8 Å². The van der Waals surface area contributed by atoms with Gasteiger partial charge in [0, 0.05) is 15.6 Å². The molecule has 0 aliphatic carbocycles. The van der Waals surface area contributed by atoms with Crippen molar-refractivity contribution in [1.82, 2.24) is 10.2 Å². The minimum atomic E-state index is -1.31. The number of urea groups is 1. The lowest BCUT2D eigenvalue weighted by atomic mass is 10.1. The van der Waals surface area contributed by atoms with E-state index in [0.717, 1.165) is 0 Å². The predicted octanol–water partition coefficient (Wildman–Crippen LogP) is 4.86. The second kappa shape index (κ2) is 9.14. The lowest BCUT2D eigenvalue weighted by Gasteiger charge is -2.12. The van der Waals surface area contributed by atoms with E-state index in [1.807, 2.05) is 0 Å². The van der Waals surface area contributed by atoms with Crippen LogP contribution in [0.3, 0.4) is 0 Å². The molecule has 0 unspecified atom stereocenters. The highest BCUT2D eigenvalue weighted by Gasteiger charge is 2.34. The highest BCUT2D eigenvalue weighted by atomic mass is 35.5. The number of nitrogens with zero attached hydrogens (tertiary/aromatic N) is 1. The summed E-state index contributed by atoms with van der Waals surface area (Å²) in [6, 6.07) is 7.11. The summed E-state index contributed by atoms with van der Waals surface area (Å²) in [7, 11) is 0. The maximum absolute atomic E-state index is 12.2. The van der Waals surface area contributed by atoms with Crippen LogP contribution in [0.1, 0.15) is 11.1 Å². The van der Waals surface area contributed by atoms with Gasteiger partial charge in [0.2, 0.25) is 0 Å². The minimum Gasteiger partial charge on any atom is -0.486 e. The molecule has 2 aromatic carbocycles. The molecule has 1 saturated heterocycles. The number of aliphatic carboxylic acids is 1. The van der Waals surface area contributed by atoms with E-state index in [1.54, 1.807) is 18.2 Å². The zero-order valence-corrected chi connectivity index (χ0v) is 17.9. The smallest absolute Gasteiger partial charge is 0.329 e. The minimum absolute atomic E-state index is 0.0918. The molecule has 0 aromatic heterocycles. The Bertz CT molecular complexity index is 1060. The van der Waals surface area contributed by atoms with Crippen LogP contribution in [-0.2, 0) is 16.2 Å². The molecule has 0 radical (unpaired) electrons. The summed E-state index contributed by atoms with van der Waals surface area (Å²) in [4.78, 5) is 35.3. The highest BCUT2D eigenvalue weighted by molar-refractivity contribution is 6.37. The van der Waals surface area contributed by atoms with E-state index in [2.05, 4.69) is 5.32 Å². The predicted molar refractivity (Wildman–Crippen MR) is 113 cm³/mol. The zero-order valence-electron chi connectivity index (χ0n) is 14.9. The van der Waals surface area contributed by atoms with Crippen LogP contribution >= 0.6 is 46.4 Å². The van der Waals surface area contributed by atoms with Gasteiger partial charge in [-0.1, -0.05) is 52.5 Å². The van der Waals surface area contributed by atoms with Crippen molar-refractivity contribution in [2.24, 2.45) is 0 Å². The molecule has 156 valence electrons. The summed E-state index contributed by atoms with van der Waals surface area (Å²) in [5, 5.41) is 12.4. The van der Waals surface area contributed by atoms with Crippen LogP contribution in [0.5, 0.6) is 5.75 Å². The first kappa shape index (κ1) is 22.2. The maximum Gasteiger partial charge on any atom is 0.329 e. The lowest BCUT2D eigenvalue weighted by molar-refractivity contribution is -0.140. The first-order chi connectivity index (χ1) is 14.2. The van der Waals surface area contributed by atoms with Gasteiger partial charge in [-0.05, 0) is 35.9 Å². The van der Waals surface area contributed by atoms with Crippen LogP contribution < -0.4 is 10.1 Å². The Labute approximate surface area is 190 Å².